The Labute approximate surface area is 174 Å². The zero-order valence-electron chi connectivity index (χ0n) is 17.7. The summed E-state index contributed by atoms with van der Waals surface area (Å²) in [5.41, 5.74) is 0. The Morgan fingerprint density at radius 2 is 1.55 bits per heavy atom. The first-order valence-electron chi connectivity index (χ1n) is 11.5. The fourth-order valence-electron chi connectivity index (χ4n) is 5.13. The van der Waals surface area contributed by atoms with Gasteiger partial charge in [-0.05, 0) is 25.2 Å². The van der Waals surface area contributed by atoms with Gasteiger partial charge in [0.2, 0.25) is 0 Å². The number of nitrogens with zero attached hydrogens (tertiary/aromatic N) is 3. The molecule has 0 spiro atoms. The number of likely N-dealkylation sites (tertiary alicyclic amines) is 1. The Balaban J connectivity index is 1.21. The van der Waals surface area contributed by atoms with E-state index in [4.69, 9.17) is 14.2 Å². The number of carbonyl (C=O) groups excluding carboxylic acids is 1. The lowest BCUT2D eigenvalue weighted by atomic mass is 9.96. The van der Waals surface area contributed by atoms with E-state index >= 15 is 0 Å². The summed E-state index contributed by atoms with van der Waals surface area (Å²) in [5, 5.41) is 3.24. The van der Waals surface area contributed by atoms with Crippen molar-refractivity contribution in [1.82, 2.24) is 20.0 Å². The molecule has 0 aromatic heterocycles. The van der Waals surface area contributed by atoms with Gasteiger partial charge in [-0.15, -0.1) is 0 Å². The van der Waals surface area contributed by atoms with Crippen molar-refractivity contribution in [1.29, 1.82) is 0 Å². The van der Waals surface area contributed by atoms with E-state index < -0.39 is 0 Å². The van der Waals surface area contributed by atoms with Crippen LogP contribution >= 0.6 is 0 Å². The molecule has 8 nitrogen and oxygen atoms in total. The van der Waals surface area contributed by atoms with Crippen LogP contribution in [0.4, 0.5) is 4.79 Å². The SMILES string of the molecule is O=C(NCC(C1CCOC1)N1CCOCC1)N1CCC(CN2CCOCC2)CC1. The van der Waals surface area contributed by atoms with Crippen LogP contribution in [-0.2, 0) is 14.2 Å². The minimum absolute atomic E-state index is 0.104. The lowest BCUT2D eigenvalue weighted by molar-refractivity contribution is 0.00172. The number of nitrogens with one attached hydrogen (secondary N) is 1. The third kappa shape index (κ3) is 6.04. The minimum Gasteiger partial charge on any atom is -0.381 e. The van der Waals surface area contributed by atoms with Gasteiger partial charge in [0.15, 0.2) is 0 Å². The molecule has 2 unspecified atom stereocenters. The zero-order valence-corrected chi connectivity index (χ0v) is 17.7. The van der Waals surface area contributed by atoms with Gasteiger partial charge in [0, 0.05) is 70.9 Å². The predicted molar refractivity (Wildman–Crippen MR) is 110 cm³/mol. The van der Waals surface area contributed by atoms with Gasteiger partial charge in [0.1, 0.15) is 0 Å². The van der Waals surface area contributed by atoms with Gasteiger partial charge in [-0.3, -0.25) is 9.80 Å². The Hall–Kier alpha value is -0.930. The summed E-state index contributed by atoms with van der Waals surface area (Å²) >= 11 is 0. The number of urea groups is 1. The molecule has 0 radical (unpaired) electrons. The van der Waals surface area contributed by atoms with Crippen LogP contribution in [0.15, 0.2) is 0 Å². The molecule has 0 saturated carbocycles. The summed E-state index contributed by atoms with van der Waals surface area (Å²) in [4.78, 5) is 19.8. The number of piperidine rings is 1. The molecule has 4 fully saturated rings. The second kappa shape index (κ2) is 10.9. The summed E-state index contributed by atoms with van der Waals surface area (Å²) in [7, 11) is 0. The average molecular weight is 411 g/mol. The molecular formula is C21H38N4O4. The van der Waals surface area contributed by atoms with Crippen molar-refractivity contribution in [2.45, 2.75) is 25.3 Å². The summed E-state index contributed by atoms with van der Waals surface area (Å²) in [6.45, 7) is 12.5. The Bertz CT molecular complexity index is 497. The molecular weight excluding hydrogens is 372 g/mol. The first-order valence-corrected chi connectivity index (χ1v) is 11.5. The molecule has 4 heterocycles. The molecule has 0 aromatic carbocycles. The van der Waals surface area contributed by atoms with Crippen molar-refractivity contribution in [3.8, 4) is 0 Å². The van der Waals surface area contributed by atoms with Crippen molar-refractivity contribution in [3.63, 3.8) is 0 Å². The van der Waals surface area contributed by atoms with Gasteiger partial charge in [0.25, 0.3) is 0 Å². The van der Waals surface area contributed by atoms with Gasteiger partial charge in [-0.1, -0.05) is 0 Å². The standard InChI is InChI=1S/C21H38N4O4/c26-21(25-4-1-18(2-5-25)16-23-6-11-27-12-7-23)22-15-20(19-3-10-29-17-19)24-8-13-28-14-9-24/h18-20H,1-17H2,(H,22,26). The maximum absolute atomic E-state index is 12.8. The van der Waals surface area contributed by atoms with Crippen molar-refractivity contribution in [2.75, 3.05) is 92.0 Å². The van der Waals surface area contributed by atoms with Gasteiger partial charge >= 0.3 is 6.03 Å². The van der Waals surface area contributed by atoms with Crippen molar-refractivity contribution >= 4 is 6.03 Å². The second-order valence-corrected chi connectivity index (χ2v) is 8.87. The summed E-state index contributed by atoms with van der Waals surface area (Å²) in [6.07, 6.45) is 3.30. The second-order valence-electron chi connectivity index (χ2n) is 8.87. The molecule has 8 heteroatoms. The van der Waals surface area contributed by atoms with E-state index in [1.807, 2.05) is 4.90 Å². The summed E-state index contributed by atoms with van der Waals surface area (Å²) in [6, 6.07) is 0.455. The molecule has 1 N–H and O–H groups in total. The number of hydrogen-bond donors (Lipinski definition) is 1. The molecule has 0 aromatic rings. The van der Waals surface area contributed by atoms with Crippen LogP contribution in [0, 0.1) is 11.8 Å². The first kappa shape index (κ1) is 21.3. The molecule has 2 atom stereocenters. The van der Waals surface area contributed by atoms with Gasteiger partial charge in [0.05, 0.1) is 33.0 Å². The highest BCUT2D eigenvalue weighted by Crippen LogP contribution is 2.23. The highest BCUT2D eigenvalue weighted by molar-refractivity contribution is 5.74. The van der Waals surface area contributed by atoms with Crippen LogP contribution < -0.4 is 5.32 Å². The smallest absolute Gasteiger partial charge is 0.317 e. The van der Waals surface area contributed by atoms with E-state index in [0.717, 1.165) is 105 Å². The van der Waals surface area contributed by atoms with Crippen LogP contribution in [0.5, 0.6) is 0 Å². The van der Waals surface area contributed by atoms with E-state index in [-0.39, 0.29) is 6.03 Å². The number of morpholine rings is 2. The lowest BCUT2D eigenvalue weighted by Gasteiger charge is -2.39. The predicted octanol–water partition coefficient (Wildman–Crippen LogP) is 0.478. The average Bonchev–Trinajstić information content (AvgIpc) is 3.30. The van der Waals surface area contributed by atoms with Gasteiger partial charge in [-0.25, -0.2) is 4.79 Å². The number of hydrogen-bond acceptors (Lipinski definition) is 6. The number of rotatable bonds is 6. The normalized spacial score (nSPS) is 29.1. The Kier molecular flexibility index (Phi) is 8.01. The molecule has 0 aliphatic carbocycles. The van der Waals surface area contributed by atoms with E-state index in [9.17, 15) is 4.79 Å². The molecule has 4 aliphatic heterocycles. The number of amides is 2. The van der Waals surface area contributed by atoms with Gasteiger partial charge < -0.3 is 24.4 Å². The Morgan fingerprint density at radius 3 is 2.21 bits per heavy atom. The molecule has 0 bridgehead atoms. The molecule has 4 rings (SSSR count). The monoisotopic (exact) mass is 410 g/mol. The number of carbonyl (C=O) groups is 1. The van der Waals surface area contributed by atoms with Crippen molar-refractivity contribution in [3.05, 3.63) is 0 Å². The van der Waals surface area contributed by atoms with Crippen molar-refractivity contribution in [2.24, 2.45) is 11.8 Å². The zero-order chi connectivity index (χ0) is 19.9. The highest BCUT2D eigenvalue weighted by Gasteiger charge is 2.32. The van der Waals surface area contributed by atoms with E-state index in [1.165, 1.54) is 0 Å². The fourth-order valence-corrected chi connectivity index (χ4v) is 5.13. The third-order valence-electron chi connectivity index (χ3n) is 7.01. The molecule has 4 saturated heterocycles. The Morgan fingerprint density at radius 1 is 0.862 bits per heavy atom. The largest absolute Gasteiger partial charge is 0.381 e. The minimum atomic E-state index is 0.104. The van der Waals surface area contributed by atoms with E-state index in [2.05, 4.69) is 15.1 Å². The van der Waals surface area contributed by atoms with Crippen molar-refractivity contribution < 1.29 is 19.0 Å². The third-order valence-corrected chi connectivity index (χ3v) is 7.01. The van der Waals surface area contributed by atoms with Crippen LogP contribution in [0.1, 0.15) is 19.3 Å². The topological polar surface area (TPSA) is 66.5 Å². The van der Waals surface area contributed by atoms with E-state index in [1.54, 1.807) is 0 Å². The van der Waals surface area contributed by atoms with Gasteiger partial charge in [-0.2, -0.15) is 0 Å². The molecule has 29 heavy (non-hydrogen) atoms. The van der Waals surface area contributed by atoms with Crippen LogP contribution in [0.2, 0.25) is 0 Å². The quantitative estimate of drug-likeness (QED) is 0.687. The van der Waals surface area contributed by atoms with Crippen LogP contribution in [0.25, 0.3) is 0 Å². The van der Waals surface area contributed by atoms with Crippen LogP contribution in [0.3, 0.4) is 0 Å². The first-order chi connectivity index (χ1) is 14.3. The molecule has 166 valence electrons. The maximum atomic E-state index is 12.8. The number of ether oxygens (including phenoxy) is 3. The fraction of sp³-hybridized carbons (Fsp3) is 0.952. The lowest BCUT2D eigenvalue weighted by Crippen LogP contribution is -2.54. The van der Waals surface area contributed by atoms with Crippen LogP contribution in [-0.4, -0.2) is 119 Å². The maximum Gasteiger partial charge on any atom is 0.317 e. The molecule has 4 aliphatic rings. The summed E-state index contributed by atoms with van der Waals surface area (Å²) < 4.78 is 16.6. The van der Waals surface area contributed by atoms with E-state index in [0.29, 0.717) is 24.4 Å². The molecule has 2 amide bonds. The summed E-state index contributed by atoms with van der Waals surface area (Å²) in [5.74, 6) is 1.21. The highest BCUT2D eigenvalue weighted by atomic mass is 16.5.